The molecule has 2 rings (SSSR count). The maximum atomic E-state index is 13.5. The first-order valence-corrected chi connectivity index (χ1v) is 6.78. The van der Waals surface area contributed by atoms with Crippen LogP contribution in [0, 0.1) is 15.9 Å². The van der Waals surface area contributed by atoms with E-state index in [9.17, 15) is 28.4 Å². The van der Waals surface area contributed by atoms with Gasteiger partial charge < -0.3 is 15.2 Å². The van der Waals surface area contributed by atoms with Crippen LogP contribution in [-0.2, 0) is 0 Å². The number of nitro groups is 1. The molecule has 0 spiro atoms. The Morgan fingerprint density at radius 3 is 2.58 bits per heavy atom. The van der Waals surface area contributed by atoms with E-state index >= 15 is 0 Å². The quantitative estimate of drug-likeness (QED) is 0.594. The van der Waals surface area contributed by atoms with Gasteiger partial charge in [-0.25, -0.2) is 4.39 Å². The monoisotopic (exact) mass is 342 g/mol. The van der Waals surface area contributed by atoms with E-state index in [1.54, 1.807) is 6.07 Å². The highest BCUT2D eigenvalue weighted by atomic mass is 19.3. The third-order valence-electron chi connectivity index (χ3n) is 3.14. The van der Waals surface area contributed by atoms with Gasteiger partial charge in [-0.15, -0.1) is 0 Å². The van der Waals surface area contributed by atoms with E-state index in [1.807, 2.05) is 0 Å². The molecule has 2 aromatic carbocycles. The van der Waals surface area contributed by atoms with Gasteiger partial charge in [-0.1, -0.05) is 18.2 Å². The third kappa shape index (κ3) is 4.35. The van der Waals surface area contributed by atoms with Gasteiger partial charge in [0.1, 0.15) is 5.82 Å². The van der Waals surface area contributed by atoms with Gasteiger partial charge in [0.05, 0.1) is 11.0 Å². The number of hydrogen-bond donors (Lipinski definition) is 2. The normalized spacial score (nSPS) is 12.0. The van der Waals surface area contributed by atoms with Crippen LogP contribution in [0.5, 0.6) is 5.75 Å². The smallest absolute Gasteiger partial charge is 0.387 e. The molecule has 24 heavy (non-hydrogen) atoms. The van der Waals surface area contributed by atoms with Crippen molar-refractivity contribution in [2.45, 2.75) is 12.7 Å². The van der Waals surface area contributed by atoms with Crippen molar-refractivity contribution < 1.29 is 27.9 Å². The number of rotatable bonds is 7. The Morgan fingerprint density at radius 1 is 1.25 bits per heavy atom. The summed E-state index contributed by atoms with van der Waals surface area (Å²) in [4.78, 5) is 9.93. The molecule has 0 bridgehead atoms. The van der Waals surface area contributed by atoms with Gasteiger partial charge >= 0.3 is 12.3 Å². The fourth-order valence-electron chi connectivity index (χ4n) is 2.04. The zero-order chi connectivity index (χ0) is 17.7. The molecule has 0 saturated carbocycles. The maximum Gasteiger partial charge on any atom is 0.387 e. The summed E-state index contributed by atoms with van der Waals surface area (Å²) in [5.41, 5.74) is -0.349. The molecule has 128 valence electrons. The average Bonchev–Trinajstić information content (AvgIpc) is 2.52. The number of aliphatic hydroxyl groups is 1. The Labute approximate surface area is 134 Å². The zero-order valence-corrected chi connectivity index (χ0v) is 12.2. The van der Waals surface area contributed by atoms with Crippen molar-refractivity contribution in [2.75, 3.05) is 11.9 Å². The van der Waals surface area contributed by atoms with Gasteiger partial charge in [-0.2, -0.15) is 8.78 Å². The van der Waals surface area contributed by atoms with E-state index in [0.29, 0.717) is 0 Å². The van der Waals surface area contributed by atoms with Crippen molar-refractivity contribution >= 4 is 11.4 Å². The molecule has 0 aliphatic rings. The molecule has 0 fully saturated rings. The van der Waals surface area contributed by atoms with Crippen molar-refractivity contribution in [3.05, 3.63) is 64.0 Å². The largest absolute Gasteiger partial charge is 0.427 e. The lowest BCUT2D eigenvalue weighted by Crippen LogP contribution is -2.13. The number of hydrogen-bond acceptors (Lipinski definition) is 5. The van der Waals surface area contributed by atoms with Gasteiger partial charge in [0.25, 0.3) is 0 Å². The van der Waals surface area contributed by atoms with E-state index in [4.69, 9.17) is 0 Å². The molecule has 0 amide bonds. The molecule has 0 aromatic heterocycles. The molecule has 2 aromatic rings. The number of nitrogens with one attached hydrogen (secondary N) is 1. The maximum absolute atomic E-state index is 13.5. The number of alkyl halides is 2. The molecule has 0 heterocycles. The summed E-state index contributed by atoms with van der Waals surface area (Å²) < 4.78 is 42.3. The van der Waals surface area contributed by atoms with Crippen LogP contribution in [-0.4, -0.2) is 23.2 Å². The van der Waals surface area contributed by atoms with Crippen molar-refractivity contribution in [3.8, 4) is 5.75 Å². The van der Waals surface area contributed by atoms with Crippen LogP contribution in [0.25, 0.3) is 0 Å². The Kier molecular flexibility index (Phi) is 5.59. The van der Waals surface area contributed by atoms with Crippen LogP contribution >= 0.6 is 0 Å². The van der Waals surface area contributed by atoms with E-state index < -0.39 is 34.9 Å². The highest BCUT2D eigenvalue weighted by Crippen LogP contribution is 2.31. The van der Waals surface area contributed by atoms with Crippen LogP contribution in [0.1, 0.15) is 11.7 Å². The minimum atomic E-state index is -3.22. The highest BCUT2D eigenvalue weighted by molar-refractivity contribution is 5.58. The van der Waals surface area contributed by atoms with Gasteiger partial charge in [-0.3, -0.25) is 10.1 Å². The third-order valence-corrected chi connectivity index (χ3v) is 3.14. The van der Waals surface area contributed by atoms with Gasteiger partial charge in [-0.05, 0) is 12.1 Å². The Hall–Kier alpha value is -2.81. The van der Waals surface area contributed by atoms with Gasteiger partial charge in [0.2, 0.25) is 5.75 Å². The summed E-state index contributed by atoms with van der Waals surface area (Å²) in [5.74, 6) is -1.20. The van der Waals surface area contributed by atoms with Crippen molar-refractivity contribution in [2.24, 2.45) is 0 Å². The molecule has 0 saturated heterocycles. The van der Waals surface area contributed by atoms with E-state index in [-0.39, 0.29) is 17.8 Å². The fraction of sp³-hybridized carbons (Fsp3) is 0.200. The Bertz CT molecular complexity index is 728. The minimum absolute atomic E-state index is 0.0657. The predicted molar refractivity (Wildman–Crippen MR) is 79.6 cm³/mol. The lowest BCUT2D eigenvalue weighted by Gasteiger charge is -2.14. The van der Waals surface area contributed by atoms with Crippen LogP contribution in [0.2, 0.25) is 0 Å². The second-order valence-electron chi connectivity index (χ2n) is 4.74. The van der Waals surface area contributed by atoms with Crippen molar-refractivity contribution in [3.63, 3.8) is 0 Å². The number of nitro benzene ring substituents is 1. The Balaban J connectivity index is 2.12. The molecule has 9 heteroatoms. The first kappa shape index (κ1) is 17.5. The summed E-state index contributed by atoms with van der Waals surface area (Å²) in [6.45, 7) is -3.35. The summed E-state index contributed by atoms with van der Waals surface area (Å²) in [5, 5.41) is 23.4. The predicted octanol–water partition coefficient (Wildman–Crippen LogP) is 3.48. The Morgan fingerprint density at radius 2 is 1.96 bits per heavy atom. The number of benzene rings is 2. The lowest BCUT2D eigenvalue weighted by atomic mass is 10.1. The molecular formula is C15H13F3N2O4. The molecule has 1 unspecified atom stereocenters. The molecule has 0 aliphatic carbocycles. The van der Waals surface area contributed by atoms with Gasteiger partial charge in [0, 0.05) is 29.9 Å². The summed E-state index contributed by atoms with van der Waals surface area (Å²) >= 11 is 0. The molecule has 6 nitrogen and oxygen atoms in total. The number of anilines is 1. The molecule has 0 radical (unpaired) electrons. The highest BCUT2D eigenvalue weighted by Gasteiger charge is 2.19. The summed E-state index contributed by atoms with van der Waals surface area (Å²) in [6, 6.07) is 8.91. The minimum Gasteiger partial charge on any atom is -0.427 e. The van der Waals surface area contributed by atoms with Crippen molar-refractivity contribution in [1.29, 1.82) is 0 Å². The second-order valence-corrected chi connectivity index (χ2v) is 4.74. The molecule has 2 N–H and O–H groups in total. The van der Waals surface area contributed by atoms with Gasteiger partial charge in [0.15, 0.2) is 0 Å². The fourth-order valence-corrected chi connectivity index (χ4v) is 2.04. The zero-order valence-electron chi connectivity index (χ0n) is 12.2. The molecular weight excluding hydrogens is 329 g/mol. The molecule has 0 aliphatic heterocycles. The van der Waals surface area contributed by atoms with E-state index in [1.165, 1.54) is 24.3 Å². The van der Waals surface area contributed by atoms with Crippen LogP contribution in [0.4, 0.5) is 24.5 Å². The average molecular weight is 342 g/mol. The van der Waals surface area contributed by atoms with Crippen LogP contribution in [0.15, 0.2) is 42.5 Å². The summed E-state index contributed by atoms with van der Waals surface area (Å²) in [7, 11) is 0. The van der Waals surface area contributed by atoms with Crippen molar-refractivity contribution in [1.82, 2.24) is 0 Å². The topological polar surface area (TPSA) is 84.6 Å². The first-order chi connectivity index (χ1) is 11.4. The summed E-state index contributed by atoms with van der Waals surface area (Å²) in [6.07, 6.45) is -1.19. The number of halogens is 3. The van der Waals surface area contributed by atoms with Crippen LogP contribution in [0.3, 0.4) is 0 Å². The van der Waals surface area contributed by atoms with E-state index in [2.05, 4.69) is 10.1 Å². The standard InChI is InChI=1S/C15H13F3N2O4/c16-11-4-2-1-3-10(11)13(21)8-19-9-5-6-12(20(22)23)14(7-9)24-15(17)18/h1-7,13,15,19,21H,8H2. The number of aliphatic hydroxyl groups excluding tert-OH is 1. The number of ether oxygens (including phenoxy) is 1. The first-order valence-electron chi connectivity index (χ1n) is 6.78. The lowest BCUT2D eigenvalue weighted by molar-refractivity contribution is -0.386. The second kappa shape index (κ2) is 7.64. The van der Waals surface area contributed by atoms with E-state index in [0.717, 1.165) is 12.1 Å². The van der Waals surface area contributed by atoms with Crippen LogP contribution < -0.4 is 10.1 Å². The SMILES string of the molecule is O=[N+]([O-])c1ccc(NCC(O)c2ccccc2F)cc1OC(F)F. The molecule has 1 atom stereocenters. The number of nitrogens with zero attached hydrogens (tertiary/aromatic N) is 1.